The van der Waals surface area contributed by atoms with Crippen LogP contribution in [0.4, 0.5) is 0 Å². The van der Waals surface area contributed by atoms with Gasteiger partial charge in [-0.25, -0.2) is 13.8 Å². The topological polar surface area (TPSA) is 85.5 Å². The Kier molecular flexibility index (Phi) is 5.27. The molecule has 1 amide bonds. The molecule has 0 saturated carbocycles. The van der Waals surface area contributed by atoms with E-state index in [1.165, 1.54) is 33.4 Å². The molecule has 0 spiro atoms. The lowest BCUT2D eigenvalue weighted by molar-refractivity contribution is -0.136. The number of carbonyl (C=O) groups excluding carboxylic acids is 1. The number of nitrogens with zero attached hydrogens (tertiary/aromatic N) is 2. The molecule has 2 N–H and O–H groups in total. The molecule has 0 fully saturated rings. The number of rotatable bonds is 6. The average molecular weight is 417 g/mol. The third-order valence-corrected chi connectivity index (χ3v) is 6.99. The molecule has 4 rings (SSSR count). The molecule has 2 aliphatic rings. The zero-order chi connectivity index (χ0) is 20.8. The van der Waals surface area contributed by atoms with Gasteiger partial charge in [0.15, 0.2) is 0 Å². The first-order valence-corrected chi connectivity index (χ1v) is 12.0. The quantitative estimate of drug-likeness (QED) is 0.550. The molecule has 0 bridgehead atoms. The molecule has 1 aromatic carbocycles. The summed E-state index contributed by atoms with van der Waals surface area (Å²) in [5.41, 5.74) is 7.94. The molecule has 8 heteroatoms. The number of benzene rings is 1. The molecule has 7 nitrogen and oxygen atoms in total. The van der Waals surface area contributed by atoms with Gasteiger partial charge in [-0.05, 0) is 42.7 Å². The summed E-state index contributed by atoms with van der Waals surface area (Å²) in [6.07, 6.45) is 6.88. The third-order valence-electron chi connectivity index (χ3n) is 5.96. The first-order chi connectivity index (χ1) is 13.7. The van der Waals surface area contributed by atoms with E-state index in [2.05, 4.69) is 52.8 Å². The highest BCUT2D eigenvalue weighted by Crippen LogP contribution is 2.40. The molecule has 2 unspecified atom stereocenters. The standard InChI is InChI=1S/C21H28N4O3S/c1-24-13-15(21(26)25(2)23-8-5-9-29(3,27)28)10-17-16-6-4-7-18-20(16)14(12-22-18)11-19(17)24/h4,6-7,10,12,15,19,22-23H,5,8-9,11,13H2,1-3H3. The number of hydrogen-bond acceptors (Lipinski definition) is 5. The average Bonchev–Trinajstić information content (AvgIpc) is 3.09. The van der Waals surface area contributed by atoms with Gasteiger partial charge in [0.2, 0.25) is 5.91 Å². The van der Waals surface area contributed by atoms with Crippen LogP contribution in [0.15, 0.2) is 30.5 Å². The Bertz CT molecular complexity index is 1070. The zero-order valence-electron chi connectivity index (χ0n) is 17.1. The summed E-state index contributed by atoms with van der Waals surface area (Å²) >= 11 is 0. The second-order valence-electron chi connectivity index (χ2n) is 8.22. The number of sulfone groups is 1. The summed E-state index contributed by atoms with van der Waals surface area (Å²) in [7, 11) is 0.802. The summed E-state index contributed by atoms with van der Waals surface area (Å²) in [4.78, 5) is 18.6. The van der Waals surface area contributed by atoms with Gasteiger partial charge in [0.1, 0.15) is 9.84 Å². The van der Waals surface area contributed by atoms with Gasteiger partial charge in [-0.2, -0.15) is 0 Å². The van der Waals surface area contributed by atoms with Crippen LogP contribution in [0, 0.1) is 5.92 Å². The SMILES string of the molecule is CN(NCCCS(C)(=O)=O)C(=O)C1C=C2c3cccc4[nH]cc(c34)CC2N(C)C1. The second kappa shape index (κ2) is 7.59. The third kappa shape index (κ3) is 3.97. The minimum absolute atomic E-state index is 0.00537. The van der Waals surface area contributed by atoms with Crippen LogP contribution in [0.3, 0.4) is 0 Å². The van der Waals surface area contributed by atoms with Crippen molar-refractivity contribution >= 4 is 32.2 Å². The highest BCUT2D eigenvalue weighted by Gasteiger charge is 2.36. The molecule has 0 saturated heterocycles. The Balaban J connectivity index is 1.52. The van der Waals surface area contributed by atoms with Crippen molar-refractivity contribution in [3.8, 4) is 0 Å². The summed E-state index contributed by atoms with van der Waals surface area (Å²) < 4.78 is 22.5. The molecule has 0 radical (unpaired) electrons. The van der Waals surface area contributed by atoms with Crippen LogP contribution in [0.5, 0.6) is 0 Å². The summed E-state index contributed by atoms with van der Waals surface area (Å²) in [6, 6.07) is 6.57. The number of likely N-dealkylation sites (N-methyl/N-ethyl adjacent to an activating group) is 1. The molecule has 2 aromatic rings. The number of nitrogens with one attached hydrogen (secondary N) is 2. The predicted octanol–water partition coefficient (Wildman–Crippen LogP) is 1.44. The minimum atomic E-state index is -2.98. The van der Waals surface area contributed by atoms with Crippen molar-refractivity contribution in [2.24, 2.45) is 5.92 Å². The minimum Gasteiger partial charge on any atom is -0.361 e. The van der Waals surface area contributed by atoms with E-state index in [1.807, 2.05) is 0 Å². The zero-order valence-corrected chi connectivity index (χ0v) is 17.9. The number of hydrazine groups is 1. The van der Waals surface area contributed by atoms with Crippen LogP contribution in [-0.2, 0) is 21.1 Å². The van der Waals surface area contributed by atoms with E-state index in [0.29, 0.717) is 19.5 Å². The normalized spacial score (nSPS) is 21.7. The van der Waals surface area contributed by atoms with Crippen molar-refractivity contribution in [3.05, 3.63) is 41.6 Å². The fraction of sp³-hybridized carbons (Fsp3) is 0.476. The lowest BCUT2D eigenvalue weighted by Crippen LogP contribution is -2.50. The maximum absolute atomic E-state index is 13.0. The van der Waals surface area contributed by atoms with E-state index in [-0.39, 0.29) is 23.6 Å². The summed E-state index contributed by atoms with van der Waals surface area (Å²) in [5.74, 6) is -0.133. The first-order valence-electron chi connectivity index (χ1n) is 9.94. The van der Waals surface area contributed by atoms with Crippen LogP contribution >= 0.6 is 0 Å². The smallest absolute Gasteiger partial charge is 0.244 e. The fourth-order valence-electron chi connectivity index (χ4n) is 4.51. The molecule has 1 aliphatic heterocycles. The molecule has 156 valence electrons. The number of amides is 1. The molecular formula is C21H28N4O3S. The lowest BCUT2D eigenvalue weighted by Gasteiger charge is -2.40. The van der Waals surface area contributed by atoms with E-state index < -0.39 is 9.84 Å². The van der Waals surface area contributed by atoms with Crippen LogP contribution < -0.4 is 5.43 Å². The predicted molar refractivity (Wildman–Crippen MR) is 115 cm³/mol. The fourth-order valence-corrected chi connectivity index (χ4v) is 5.18. The van der Waals surface area contributed by atoms with Gasteiger partial charge in [0, 0.05) is 49.5 Å². The van der Waals surface area contributed by atoms with E-state index in [4.69, 9.17) is 0 Å². The van der Waals surface area contributed by atoms with E-state index in [1.54, 1.807) is 7.05 Å². The first kappa shape index (κ1) is 20.1. The Hall–Kier alpha value is -2.16. The van der Waals surface area contributed by atoms with Crippen molar-refractivity contribution in [2.75, 3.05) is 39.2 Å². The largest absolute Gasteiger partial charge is 0.361 e. The van der Waals surface area contributed by atoms with Crippen LogP contribution in [-0.4, -0.2) is 74.5 Å². The second-order valence-corrected chi connectivity index (χ2v) is 10.5. The van der Waals surface area contributed by atoms with Crippen molar-refractivity contribution in [1.82, 2.24) is 20.3 Å². The number of H-pyrrole nitrogens is 1. The Morgan fingerprint density at radius 1 is 1.38 bits per heavy atom. The van der Waals surface area contributed by atoms with Crippen LogP contribution in [0.1, 0.15) is 17.5 Å². The van der Waals surface area contributed by atoms with Crippen molar-refractivity contribution in [3.63, 3.8) is 0 Å². The van der Waals surface area contributed by atoms with Gasteiger partial charge in [0.05, 0.1) is 11.7 Å². The van der Waals surface area contributed by atoms with Gasteiger partial charge >= 0.3 is 0 Å². The van der Waals surface area contributed by atoms with Gasteiger partial charge in [-0.3, -0.25) is 14.7 Å². The monoisotopic (exact) mass is 416 g/mol. The van der Waals surface area contributed by atoms with E-state index in [0.717, 1.165) is 11.9 Å². The number of fused-ring (bicyclic) bond motifs is 2. The van der Waals surface area contributed by atoms with Crippen LogP contribution in [0.2, 0.25) is 0 Å². The van der Waals surface area contributed by atoms with Crippen LogP contribution in [0.25, 0.3) is 16.5 Å². The molecular weight excluding hydrogens is 388 g/mol. The van der Waals surface area contributed by atoms with Gasteiger partial charge < -0.3 is 4.98 Å². The van der Waals surface area contributed by atoms with E-state index >= 15 is 0 Å². The van der Waals surface area contributed by atoms with Gasteiger partial charge in [0.25, 0.3) is 0 Å². The maximum Gasteiger partial charge on any atom is 0.244 e. The van der Waals surface area contributed by atoms with Gasteiger partial charge in [-0.15, -0.1) is 0 Å². The molecule has 1 aromatic heterocycles. The van der Waals surface area contributed by atoms with Crippen molar-refractivity contribution in [1.29, 1.82) is 0 Å². The summed E-state index contributed by atoms with van der Waals surface area (Å²) in [6.45, 7) is 1.11. The Morgan fingerprint density at radius 2 is 2.17 bits per heavy atom. The maximum atomic E-state index is 13.0. The summed E-state index contributed by atoms with van der Waals surface area (Å²) in [5, 5.41) is 2.77. The molecule has 1 aliphatic carbocycles. The number of hydrogen-bond donors (Lipinski definition) is 2. The van der Waals surface area contributed by atoms with E-state index in [9.17, 15) is 13.2 Å². The number of aromatic nitrogens is 1. The highest BCUT2D eigenvalue weighted by molar-refractivity contribution is 7.90. The van der Waals surface area contributed by atoms with Crippen molar-refractivity contribution in [2.45, 2.75) is 18.9 Å². The number of carbonyl (C=O) groups is 1. The molecule has 2 heterocycles. The molecule has 29 heavy (non-hydrogen) atoms. The van der Waals surface area contributed by atoms with Gasteiger partial charge in [-0.1, -0.05) is 18.2 Å². The Labute approximate surface area is 171 Å². The highest BCUT2D eigenvalue weighted by atomic mass is 32.2. The lowest BCUT2D eigenvalue weighted by atomic mass is 9.80. The number of aromatic amines is 1. The molecule has 2 atom stereocenters. The van der Waals surface area contributed by atoms with Crippen molar-refractivity contribution < 1.29 is 13.2 Å². The Morgan fingerprint density at radius 3 is 2.93 bits per heavy atom.